The topological polar surface area (TPSA) is 71.6 Å². The molecule has 2 N–H and O–H groups in total. The maximum absolute atomic E-state index is 13.2. The molecular formula is C23H22N4O. The summed E-state index contributed by atoms with van der Waals surface area (Å²) in [7, 11) is 1.78. The van der Waals surface area contributed by atoms with Crippen LogP contribution in [0.2, 0.25) is 0 Å². The third-order valence-electron chi connectivity index (χ3n) is 5.10. The molecule has 1 aliphatic rings. The van der Waals surface area contributed by atoms with E-state index >= 15 is 0 Å². The van der Waals surface area contributed by atoms with E-state index in [0.29, 0.717) is 30.8 Å². The summed E-state index contributed by atoms with van der Waals surface area (Å²) in [6.07, 6.45) is 2.36. The number of aromatic nitrogens is 1. The number of hydrogen-bond donors (Lipinski definition) is 1. The maximum Gasteiger partial charge on any atom is 0.254 e. The Bertz CT molecular complexity index is 1080. The van der Waals surface area contributed by atoms with Crippen LogP contribution in [-0.2, 0) is 0 Å². The van der Waals surface area contributed by atoms with Gasteiger partial charge < -0.3 is 10.6 Å². The molecule has 28 heavy (non-hydrogen) atoms. The number of para-hydroxylation sites is 1. The van der Waals surface area contributed by atoms with Crippen LogP contribution in [0.3, 0.4) is 0 Å². The molecule has 0 atom stereocenters. The summed E-state index contributed by atoms with van der Waals surface area (Å²) < 4.78 is 0. The lowest BCUT2D eigenvalue weighted by atomic mass is 9.94. The van der Waals surface area contributed by atoms with Crippen molar-refractivity contribution in [2.45, 2.75) is 6.42 Å². The minimum atomic E-state index is -0.0182. The molecule has 140 valence electrons. The molecule has 3 aromatic rings. The molecule has 0 unspecified atom stereocenters. The van der Waals surface area contributed by atoms with Gasteiger partial charge in [-0.15, -0.1) is 0 Å². The van der Waals surface area contributed by atoms with E-state index in [9.17, 15) is 4.79 Å². The lowest BCUT2D eigenvalue weighted by Crippen LogP contribution is -2.40. The second kappa shape index (κ2) is 7.64. The Balaban J connectivity index is 1.62. The largest absolute Gasteiger partial charge is 0.400 e. The van der Waals surface area contributed by atoms with E-state index in [1.54, 1.807) is 24.2 Å². The molecule has 0 fully saturated rings. The van der Waals surface area contributed by atoms with Crippen LogP contribution >= 0.6 is 0 Å². The molecule has 5 nitrogen and oxygen atoms in total. The number of pyridine rings is 1. The predicted molar refractivity (Wildman–Crippen MR) is 112 cm³/mol. The number of rotatable bonds is 3. The van der Waals surface area contributed by atoms with Crippen molar-refractivity contribution in [2.24, 2.45) is 10.7 Å². The average molecular weight is 370 g/mol. The highest BCUT2D eigenvalue weighted by Gasteiger charge is 2.26. The standard InChI is InChI=1S/C23H22N4O/c1-25-22(16-7-3-2-4-8-16)19-12-14-27(15-20(19)24)23(28)18-11-13-26-21-10-6-5-9-17(18)21/h2-11,13H,12,14-15,24H2,1H3. The average Bonchev–Trinajstić information content (AvgIpc) is 2.75. The molecule has 5 heteroatoms. The summed E-state index contributed by atoms with van der Waals surface area (Å²) >= 11 is 0. The van der Waals surface area contributed by atoms with Crippen LogP contribution in [-0.4, -0.2) is 41.6 Å². The van der Waals surface area contributed by atoms with Crippen LogP contribution in [0.5, 0.6) is 0 Å². The normalized spacial score (nSPS) is 15.2. The third-order valence-corrected chi connectivity index (χ3v) is 5.10. The number of nitrogens with zero attached hydrogens (tertiary/aromatic N) is 3. The number of amides is 1. The predicted octanol–water partition coefficient (Wildman–Crippen LogP) is 3.41. The summed E-state index contributed by atoms with van der Waals surface area (Å²) in [5.41, 5.74) is 11.6. The molecule has 0 saturated heterocycles. The van der Waals surface area contributed by atoms with Gasteiger partial charge in [0.2, 0.25) is 0 Å². The molecular weight excluding hydrogens is 348 g/mol. The fourth-order valence-corrected chi connectivity index (χ4v) is 3.72. The van der Waals surface area contributed by atoms with Gasteiger partial charge in [-0.2, -0.15) is 0 Å². The van der Waals surface area contributed by atoms with Gasteiger partial charge in [0, 0.05) is 36.4 Å². The Hall–Kier alpha value is -3.47. The van der Waals surface area contributed by atoms with E-state index in [1.165, 1.54) is 0 Å². The first-order chi connectivity index (χ1) is 13.7. The van der Waals surface area contributed by atoms with Crippen LogP contribution < -0.4 is 5.73 Å². The minimum Gasteiger partial charge on any atom is -0.400 e. The van der Waals surface area contributed by atoms with Gasteiger partial charge in [0.05, 0.1) is 23.3 Å². The molecule has 0 saturated carbocycles. The van der Waals surface area contributed by atoms with Gasteiger partial charge in [0.15, 0.2) is 0 Å². The Morgan fingerprint density at radius 3 is 2.57 bits per heavy atom. The second-order valence-electron chi connectivity index (χ2n) is 6.79. The molecule has 2 aromatic carbocycles. The smallest absolute Gasteiger partial charge is 0.254 e. The lowest BCUT2D eigenvalue weighted by Gasteiger charge is -2.30. The molecule has 1 aromatic heterocycles. The number of nitrogens with two attached hydrogens (primary N) is 1. The van der Waals surface area contributed by atoms with Gasteiger partial charge in [-0.3, -0.25) is 14.8 Å². The molecule has 0 radical (unpaired) electrons. The fraction of sp³-hybridized carbons (Fsp3) is 0.174. The highest BCUT2D eigenvalue weighted by Crippen LogP contribution is 2.24. The van der Waals surface area contributed by atoms with Crippen LogP contribution in [0, 0.1) is 0 Å². The summed E-state index contributed by atoms with van der Waals surface area (Å²) in [4.78, 5) is 23.8. The number of hydrogen-bond acceptors (Lipinski definition) is 4. The van der Waals surface area contributed by atoms with Gasteiger partial charge >= 0.3 is 0 Å². The van der Waals surface area contributed by atoms with Crippen molar-refractivity contribution in [1.29, 1.82) is 0 Å². The molecule has 0 aliphatic carbocycles. The van der Waals surface area contributed by atoms with E-state index in [0.717, 1.165) is 27.8 Å². The maximum atomic E-state index is 13.2. The molecule has 2 heterocycles. The Morgan fingerprint density at radius 2 is 1.82 bits per heavy atom. The molecule has 0 bridgehead atoms. The monoisotopic (exact) mass is 370 g/mol. The van der Waals surface area contributed by atoms with Crippen molar-refractivity contribution in [3.05, 3.63) is 89.3 Å². The first kappa shape index (κ1) is 17.9. The van der Waals surface area contributed by atoms with E-state index in [2.05, 4.69) is 9.98 Å². The summed E-state index contributed by atoms with van der Waals surface area (Å²) in [5.74, 6) is -0.0182. The van der Waals surface area contributed by atoms with Crippen LogP contribution in [0.25, 0.3) is 10.9 Å². The zero-order valence-corrected chi connectivity index (χ0v) is 15.8. The Labute approximate surface area is 164 Å². The van der Waals surface area contributed by atoms with E-state index in [-0.39, 0.29) is 5.91 Å². The zero-order chi connectivity index (χ0) is 19.5. The SMILES string of the molecule is CN=C(C1=C(N)CN(C(=O)c2ccnc3ccccc23)CC1)c1ccccc1. The number of carbonyl (C=O) groups excluding carboxylic acids is 1. The summed E-state index contributed by atoms with van der Waals surface area (Å²) in [6.45, 7) is 1.01. The number of benzene rings is 2. The van der Waals surface area contributed by atoms with Crippen molar-refractivity contribution < 1.29 is 4.79 Å². The van der Waals surface area contributed by atoms with Crippen molar-refractivity contribution >= 4 is 22.5 Å². The van der Waals surface area contributed by atoms with Crippen molar-refractivity contribution in [3.63, 3.8) is 0 Å². The lowest BCUT2D eigenvalue weighted by molar-refractivity contribution is 0.0766. The van der Waals surface area contributed by atoms with E-state index in [4.69, 9.17) is 5.73 Å². The van der Waals surface area contributed by atoms with Crippen molar-refractivity contribution in [3.8, 4) is 0 Å². The highest BCUT2D eigenvalue weighted by molar-refractivity contribution is 6.13. The fourth-order valence-electron chi connectivity index (χ4n) is 3.72. The van der Waals surface area contributed by atoms with Gasteiger partial charge in [-0.1, -0.05) is 48.5 Å². The molecule has 0 spiro atoms. The van der Waals surface area contributed by atoms with Crippen molar-refractivity contribution in [1.82, 2.24) is 9.88 Å². The Morgan fingerprint density at radius 1 is 1.07 bits per heavy atom. The Kier molecular flexibility index (Phi) is 4.89. The number of carbonyl (C=O) groups is 1. The van der Waals surface area contributed by atoms with Crippen LogP contribution in [0.1, 0.15) is 22.3 Å². The summed E-state index contributed by atoms with van der Waals surface area (Å²) in [5, 5.41) is 0.864. The van der Waals surface area contributed by atoms with Crippen LogP contribution in [0.15, 0.2) is 83.1 Å². The van der Waals surface area contributed by atoms with Gasteiger partial charge in [-0.05, 0) is 24.1 Å². The van der Waals surface area contributed by atoms with E-state index in [1.807, 2.05) is 54.6 Å². The van der Waals surface area contributed by atoms with E-state index < -0.39 is 0 Å². The summed E-state index contributed by atoms with van der Waals surface area (Å²) in [6, 6.07) is 19.5. The third kappa shape index (κ3) is 3.27. The zero-order valence-electron chi connectivity index (χ0n) is 15.8. The molecule has 1 aliphatic heterocycles. The molecule has 1 amide bonds. The van der Waals surface area contributed by atoms with Gasteiger partial charge in [0.25, 0.3) is 5.91 Å². The number of aliphatic imine (C=N–C) groups is 1. The molecule has 4 rings (SSSR count). The first-order valence-corrected chi connectivity index (χ1v) is 9.32. The highest BCUT2D eigenvalue weighted by atomic mass is 16.2. The van der Waals surface area contributed by atoms with Crippen molar-refractivity contribution in [2.75, 3.05) is 20.1 Å². The van der Waals surface area contributed by atoms with Crippen LogP contribution in [0.4, 0.5) is 0 Å². The first-order valence-electron chi connectivity index (χ1n) is 9.32. The minimum absolute atomic E-state index is 0.0182. The second-order valence-corrected chi connectivity index (χ2v) is 6.79. The van der Waals surface area contributed by atoms with Gasteiger partial charge in [-0.25, -0.2) is 0 Å². The van der Waals surface area contributed by atoms with Gasteiger partial charge in [0.1, 0.15) is 0 Å². The number of fused-ring (bicyclic) bond motifs is 1. The quantitative estimate of drug-likeness (QED) is 0.718.